The molecule has 0 aliphatic carbocycles. The molecule has 1 aromatic rings. The quantitative estimate of drug-likeness (QED) is 0.761. The Bertz CT molecular complexity index is 493. The minimum Gasteiger partial charge on any atom is -0.333 e. The summed E-state index contributed by atoms with van der Waals surface area (Å²) in [6.07, 6.45) is 1.41. The number of carbonyl (C=O) groups is 2. The molecule has 1 aliphatic rings. The van der Waals surface area contributed by atoms with Gasteiger partial charge in [0.1, 0.15) is 0 Å². The van der Waals surface area contributed by atoms with Crippen LogP contribution in [0.2, 0.25) is 0 Å². The highest BCUT2D eigenvalue weighted by Gasteiger charge is 2.22. The van der Waals surface area contributed by atoms with E-state index in [0.29, 0.717) is 13.0 Å². The van der Waals surface area contributed by atoms with Crippen LogP contribution in [0.1, 0.15) is 12.8 Å². The molecular formula is C12H12BrIN2O2. The highest BCUT2D eigenvalue weighted by molar-refractivity contribution is 14.1. The maximum Gasteiger partial charge on any atom is 0.243 e. The Morgan fingerprint density at radius 2 is 2.28 bits per heavy atom. The molecule has 1 aromatic carbocycles. The number of nitrogens with one attached hydrogen (secondary N) is 1. The van der Waals surface area contributed by atoms with Crippen molar-refractivity contribution < 1.29 is 9.59 Å². The summed E-state index contributed by atoms with van der Waals surface area (Å²) >= 11 is 5.59. The summed E-state index contributed by atoms with van der Waals surface area (Å²) in [4.78, 5) is 24.8. The number of hydrogen-bond donors (Lipinski definition) is 1. The molecule has 4 nitrogen and oxygen atoms in total. The summed E-state index contributed by atoms with van der Waals surface area (Å²) in [5, 5.41) is 2.80. The van der Waals surface area contributed by atoms with Crippen molar-refractivity contribution in [3.8, 4) is 0 Å². The fourth-order valence-corrected chi connectivity index (χ4v) is 2.58. The summed E-state index contributed by atoms with van der Waals surface area (Å²) in [6, 6.07) is 5.60. The third-order valence-electron chi connectivity index (χ3n) is 2.71. The van der Waals surface area contributed by atoms with Gasteiger partial charge in [0.25, 0.3) is 0 Å². The summed E-state index contributed by atoms with van der Waals surface area (Å²) in [5.41, 5.74) is 0.749. The summed E-state index contributed by atoms with van der Waals surface area (Å²) in [7, 11) is 0. The number of rotatable bonds is 3. The van der Waals surface area contributed by atoms with E-state index in [-0.39, 0.29) is 18.4 Å². The molecular weight excluding hydrogens is 411 g/mol. The Hall–Kier alpha value is -0.630. The number of amides is 2. The van der Waals surface area contributed by atoms with Gasteiger partial charge < -0.3 is 10.2 Å². The number of hydrogen-bond acceptors (Lipinski definition) is 2. The van der Waals surface area contributed by atoms with Crippen LogP contribution in [0.15, 0.2) is 22.7 Å². The maximum atomic E-state index is 11.8. The van der Waals surface area contributed by atoms with E-state index in [0.717, 1.165) is 20.2 Å². The summed E-state index contributed by atoms with van der Waals surface area (Å²) in [5.74, 6) is -0.0843. The van der Waals surface area contributed by atoms with Crippen molar-refractivity contribution in [3.05, 3.63) is 26.2 Å². The van der Waals surface area contributed by atoms with Crippen molar-refractivity contribution in [3.63, 3.8) is 0 Å². The van der Waals surface area contributed by atoms with Crippen molar-refractivity contribution in [2.75, 3.05) is 18.4 Å². The predicted molar refractivity (Wildman–Crippen MR) is 81.3 cm³/mol. The first-order valence-corrected chi connectivity index (χ1v) is 7.46. The molecule has 0 radical (unpaired) electrons. The van der Waals surface area contributed by atoms with Gasteiger partial charge in [-0.25, -0.2) is 0 Å². The van der Waals surface area contributed by atoms with Crippen molar-refractivity contribution >= 4 is 56.0 Å². The predicted octanol–water partition coefficient (Wildman–Crippen LogP) is 2.61. The number of benzene rings is 1. The fourth-order valence-electron chi connectivity index (χ4n) is 1.82. The Morgan fingerprint density at radius 1 is 1.50 bits per heavy atom. The third kappa shape index (κ3) is 3.44. The zero-order chi connectivity index (χ0) is 13.1. The van der Waals surface area contributed by atoms with Crippen LogP contribution in [0.5, 0.6) is 0 Å². The number of halogens is 2. The zero-order valence-electron chi connectivity index (χ0n) is 9.58. The molecule has 0 spiro atoms. The molecule has 0 aromatic heterocycles. The Labute approximate surface area is 127 Å². The number of likely N-dealkylation sites (tertiary alicyclic amines) is 1. The van der Waals surface area contributed by atoms with Gasteiger partial charge in [0.15, 0.2) is 0 Å². The highest BCUT2D eigenvalue weighted by Crippen LogP contribution is 2.22. The van der Waals surface area contributed by atoms with Gasteiger partial charge in [-0.2, -0.15) is 0 Å². The van der Waals surface area contributed by atoms with Crippen molar-refractivity contribution in [2.24, 2.45) is 0 Å². The summed E-state index contributed by atoms with van der Waals surface area (Å²) < 4.78 is 2.03. The lowest BCUT2D eigenvalue weighted by Crippen LogP contribution is -2.33. The monoisotopic (exact) mass is 422 g/mol. The third-order valence-corrected chi connectivity index (χ3v) is 5.03. The lowest BCUT2D eigenvalue weighted by molar-refractivity contribution is -0.131. The van der Waals surface area contributed by atoms with E-state index in [1.54, 1.807) is 4.90 Å². The lowest BCUT2D eigenvalue weighted by atomic mass is 10.3. The molecule has 1 heterocycles. The van der Waals surface area contributed by atoms with Crippen LogP contribution in [0.3, 0.4) is 0 Å². The van der Waals surface area contributed by atoms with Gasteiger partial charge in [-0.1, -0.05) is 0 Å². The molecule has 0 unspecified atom stereocenters. The minimum absolute atomic E-state index is 0.0653. The van der Waals surface area contributed by atoms with Crippen LogP contribution in [-0.2, 0) is 9.59 Å². The summed E-state index contributed by atoms with van der Waals surface area (Å²) in [6.45, 7) is 0.829. The molecule has 18 heavy (non-hydrogen) atoms. The first kappa shape index (κ1) is 13.8. The maximum absolute atomic E-state index is 11.8. The average Bonchev–Trinajstić information content (AvgIpc) is 2.70. The highest BCUT2D eigenvalue weighted by atomic mass is 127. The minimum atomic E-state index is -0.150. The number of carbonyl (C=O) groups excluding carboxylic acids is 2. The van der Waals surface area contributed by atoms with Crippen LogP contribution < -0.4 is 5.32 Å². The molecule has 0 atom stereocenters. The van der Waals surface area contributed by atoms with E-state index in [9.17, 15) is 9.59 Å². The molecule has 96 valence electrons. The first-order chi connectivity index (χ1) is 8.56. The van der Waals surface area contributed by atoms with Crippen LogP contribution in [-0.4, -0.2) is 29.8 Å². The van der Waals surface area contributed by atoms with Gasteiger partial charge in [-0.15, -0.1) is 0 Å². The van der Waals surface area contributed by atoms with Gasteiger partial charge in [-0.05, 0) is 63.1 Å². The molecule has 2 amide bonds. The van der Waals surface area contributed by atoms with E-state index in [1.807, 2.05) is 18.2 Å². The molecule has 1 saturated heterocycles. The molecule has 1 fully saturated rings. The smallest absolute Gasteiger partial charge is 0.243 e. The Balaban J connectivity index is 1.94. The fraction of sp³-hybridized carbons (Fsp3) is 0.333. The van der Waals surface area contributed by atoms with Gasteiger partial charge in [-0.3, -0.25) is 9.59 Å². The topological polar surface area (TPSA) is 49.4 Å². The molecule has 1 N–H and O–H groups in total. The van der Waals surface area contributed by atoms with E-state index < -0.39 is 0 Å². The van der Waals surface area contributed by atoms with Crippen LogP contribution >= 0.6 is 38.5 Å². The standard InChI is InChI=1S/C12H12BrIN2O2/c13-9-4-3-8(6-10(9)14)15-11(17)7-16-5-1-2-12(16)18/h3-4,6H,1-2,5,7H2,(H,15,17). The Morgan fingerprint density at radius 3 is 2.89 bits per heavy atom. The molecule has 0 saturated carbocycles. The van der Waals surface area contributed by atoms with Crippen molar-refractivity contribution in [1.82, 2.24) is 4.90 Å². The number of anilines is 1. The Kier molecular flexibility index (Phi) is 4.60. The lowest BCUT2D eigenvalue weighted by Gasteiger charge is -2.15. The molecule has 0 bridgehead atoms. The van der Waals surface area contributed by atoms with E-state index in [2.05, 4.69) is 43.8 Å². The van der Waals surface area contributed by atoms with E-state index in [1.165, 1.54) is 0 Å². The largest absolute Gasteiger partial charge is 0.333 e. The normalized spacial score (nSPS) is 15.0. The van der Waals surface area contributed by atoms with Gasteiger partial charge >= 0.3 is 0 Å². The van der Waals surface area contributed by atoms with E-state index >= 15 is 0 Å². The second-order valence-electron chi connectivity index (χ2n) is 4.10. The van der Waals surface area contributed by atoms with Crippen molar-refractivity contribution in [1.29, 1.82) is 0 Å². The van der Waals surface area contributed by atoms with Crippen LogP contribution in [0.4, 0.5) is 5.69 Å². The zero-order valence-corrected chi connectivity index (χ0v) is 13.3. The first-order valence-electron chi connectivity index (χ1n) is 5.59. The second kappa shape index (κ2) is 6.01. The van der Waals surface area contributed by atoms with Gasteiger partial charge in [0.05, 0.1) is 6.54 Å². The molecule has 2 rings (SSSR count). The second-order valence-corrected chi connectivity index (χ2v) is 6.11. The average molecular weight is 423 g/mol. The molecule has 6 heteroatoms. The van der Waals surface area contributed by atoms with E-state index in [4.69, 9.17) is 0 Å². The van der Waals surface area contributed by atoms with Gasteiger partial charge in [0, 0.05) is 26.7 Å². The van der Waals surface area contributed by atoms with Gasteiger partial charge in [0.2, 0.25) is 11.8 Å². The molecule has 1 aliphatic heterocycles. The SMILES string of the molecule is O=C(CN1CCCC1=O)Nc1ccc(Br)c(I)c1. The van der Waals surface area contributed by atoms with Crippen LogP contribution in [0.25, 0.3) is 0 Å². The van der Waals surface area contributed by atoms with Crippen molar-refractivity contribution in [2.45, 2.75) is 12.8 Å². The number of nitrogens with zero attached hydrogens (tertiary/aromatic N) is 1. The van der Waals surface area contributed by atoms with Crippen LogP contribution in [0, 0.1) is 3.57 Å².